The summed E-state index contributed by atoms with van der Waals surface area (Å²) in [4.78, 5) is 16.2. The molecule has 7 heteroatoms. The third-order valence-corrected chi connectivity index (χ3v) is 3.06. The molecule has 1 amide bonds. The molecule has 0 bridgehead atoms. The van der Waals surface area contributed by atoms with E-state index in [1.807, 2.05) is 0 Å². The molecule has 1 fully saturated rings. The van der Waals surface area contributed by atoms with Gasteiger partial charge in [0.25, 0.3) is 5.91 Å². The summed E-state index contributed by atoms with van der Waals surface area (Å²) >= 11 is 3.26. The third kappa shape index (κ3) is 3.16. The van der Waals surface area contributed by atoms with Crippen LogP contribution in [0.25, 0.3) is 0 Å². The predicted octanol–water partition coefficient (Wildman–Crippen LogP) is 2.09. The lowest BCUT2D eigenvalue weighted by Crippen LogP contribution is -2.35. The Hall–Kier alpha value is -1.24. The maximum absolute atomic E-state index is 12.2. The van der Waals surface area contributed by atoms with E-state index in [1.54, 1.807) is 18.5 Å². The molecule has 1 unspecified atom stereocenters. The average Bonchev–Trinajstić information content (AvgIpc) is 2.76. The predicted molar refractivity (Wildman–Crippen MR) is 63.6 cm³/mol. The molecule has 4 nitrogen and oxygen atoms in total. The minimum absolute atomic E-state index is 0.190. The summed E-state index contributed by atoms with van der Waals surface area (Å²) in [6.07, 6.45) is 0.502. The van der Waals surface area contributed by atoms with Crippen molar-refractivity contribution in [3.05, 3.63) is 22.9 Å². The van der Waals surface area contributed by atoms with Gasteiger partial charge in [0.05, 0.1) is 12.7 Å². The zero-order chi connectivity index (χ0) is 13.1. The van der Waals surface area contributed by atoms with Gasteiger partial charge < -0.3 is 9.64 Å². The second-order valence-electron chi connectivity index (χ2n) is 3.95. The Morgan fingerprint density at radius 1 is 1.56 bits per heavy atom. The Morgan fingerprint density at radius 3 is 3.00 bits per heavy atom. The maximum atomic E-state index is 12.2. The molecule has 1 saturated heterocycles. The summed E-state index contributed by atoms with van der Waals surface area (Å²) in [5, 5.41) is 0. The molecular weight excluding hydrogens is 310 g/mol. The summed E-state index contributed by atoms with van der Waals surface area (Å²) in [5.74, 6) is -0.575. The van der Waals surface area contributed by atoms with Crippen molar-refractivity contribution in [2.45, 2.75) is 19.0 Å². The van der Waals surface area contributed by atoms with Gasteiger partial charge in [-0.25, -0.2) is 0 Å². The summed E-state index contributed by atoms with van der Waals surface area (Å²) in [6, 6.07) is 1.74. The number of hydrogen-bond donors (Lipinski definition) is 0. The highest BCUT2D eigenvalue weighted by atomic mass is 79.9. The van der Waals surface area contributed by atoms with Crippen molar-refractivity contribution in [3.8, 4) is 5.75 Å². The number of nitrogens with zero attached hydrogens (tertiary/aromatic N) is 2. The van der Waals surface area contributed by atoms with E-state index in [0.717, 1.165) is 9.37 Å². The van der Waals surface area contributed by atoms with Crippen LogP contribution in [0.2, 0.25) is 0 Å². The minimum atomic E-state index is -2.95. The molecule has 1 aliphatic rings. The van der Waals surface area contributed by atoms with Crippen molar-refractivity contribution in [3.63, 3.8) is 0 Å². The smallest absolute Gasteiger partial charge is 0.315 e. The number of rotatable bonds is 3. The summed E-state index contributed by atoms with van der Waals surface area (Å²) < 4.78 is 30.8. The molecular formula is C11H11BrF2N2O2. The molecule has 0 N–H and O–H groups in total. The number of pyridine rings is 1. The van der Waals surface area contributed by atoms with Crippen molar-refractivity contribution >= 4 is 21.8 Å². The fourth-order valence-corrected chi connectivity index (χ4v) is 2.16. The zero-order valence-electron chi connectivity index (χ0n) is 9.35. The van der Waals surface area contributed by atoms with Crippen LogP contribution in [0.1, 0.15) is 6.42 Å². The number of hydrogen-bond acceptors (Lipinski definition) is 3. The van der Waals surface area contributed by atoms with Crippen molar-refractivity contribution < 1.29 is 18.3 Å². The lowest BCUT2D eigenvalue weighted by molar-refractivity contribution is -0.141. The van der Waals surface area contributed by atoms with Gasteiger partial charge >= 0.3 is 6.43 Å². The van der Waals surface area contributed by atoms with Crippen molar-refractivity contribution in [2.75, 3.05) is 13.1 Å². The molecule has 2 rings (SSSR count). The van der Waals surface area contributed by atoms with Gasteiger partial charge in [0, 0.05) is 23.6 Å². The number of likely N-dealkylation sites (tertiary alicyclic amines) is 1. The van der Waals surface area contributed by atoms with E-state index in [-0.39, 0.29) is 12.6 Å². The Kier molecular flexibility index (Phi) is 4.11. The number of ether oxygens (including phenoxy) is 1. The highest BCUT2D eigenvalue weighted by molar-refractivity contribution is 9.10. The number of carbonyl (C=O) groups is 1. The van der Waals surface area contributed by atoms with Gasteiger partial charge in [-0.05, 0) is 22.0 Å². The number of halogens is 3. The molecule has 1 aromatic rings. The monoisotopic (exact) mass is 320 g/mol. The minimum Gasteiger partial charge on any atom is -0.487 e. The Bertz CT molecular complexity index is 445. The molecule has 0 saturated carbocycles. The number of alkyl halides is 2. The van der Waals surface area contributed by atoms with Gasteiger partial charge in [-0.1, -0.05) is 0 Å². The normalized spacial score (nSPS) is 19.3. The van der Waals surface area contributed by atoms with E-state index in [1.165, 1.54) is 0 Å². The largest absolute Gasteiger partial charge is 0.487 e. The van der Waals surface area contributed by atoms with E-state index in [0.29, 0.717) is 18.7 Å². The third-order valence-electron chi connectivity index (χ3n) is 2.63. The van der Waals surface area contributed by atoms with Gasteiger partial charge in [0.1, 0.15) is 11.9 Å². The molecule has 2 heterocycles. The molecule has 1 atom stereocenters. The second kappa shape index (κ2) is 5.60. The van der Waals surface area contributed by atoms with Crippen molar-refractivity contribution in [1.29, 1.82) is 0 Å². The average molecular weight is 321 g/mol. The number of aromatic nitrogens is 1. The number of amides is 1. The standard InChI is InChI=1S/C11H11BrF2N2O2/c12-7-3-9(5-15-4-7)18-8-1-2-16(6-8)11(17)10(13)14/h3-5,8,10H,1-2,6H2. The Labute approximate surface area is 111 Å². The maximum Gasteiger partial charge on any atom is 0.315 e. The van der Waals surface area contributed by atoms with Crippen LogP contribution in [-0.2, 0) is 4.79 Å². The molecule has 1 aromatic heterocycles. The van der Waals surface area contributed by atoms with Gasteiger partial charge in [-0.2, -0.15) is 8.78 Å². The molecule has 18 heavy (non-hydrogen) atoms. The van der Waals surface area contributed by atoms with Gasteiger partial charge in [-0.15, -0.1) is 0 Å². The van der Waals surface area contributed by atoms with Crippen LogP contribution in [0.15, 0.2) is 22.9 Å². The van der Waals surface area contributed by atoms with Crippen molar-refractivity contribution in [1.82, 2.24) is 9.88 Å². The van der Waals surface area contributed by atoms with Crippen LogP contribution in [0.3, 0.4) is 0 Å². The fraction of sp³-hybridized carbons (Fsp3) is 0.455. The lowest BCUT2D eigenvalue weighted by Gasteiger charge is -2.16. The summed E-state index contributed by atoms with van der Waals surface area (Å²) in [7, 11) is 0. The first-order chi connectivity index (χ1) is 8.56. The van der Waals surface area contributed by atoms with E-state index >= 15 is 0 Å². The molecule has 0 aliphatic carbocycles. The van der Waals surface area contributed by atoms with E-state index < -0.39 is 12.3 Å². The second-order valence-corrected chi connectivity index (χ2v) is 4.87. The van der Waals surface area contributed by atoms with Crippen LogP contribution in [0.4, 0.5) is 8.78 Å². The van der Waals surface area contributed by atoms with Gasteiger partial charge in [-0.3, -0.25) is 9.78 Å². The molecule has 0 aromatic carbocycles. The van der Waals surface area contributed by atoms with Crippen LogP contribution in [0, 0.1) is 0 Å². The Balaban J connectivity index is 1.92. The first-order valence-electron chi connectivity index (χ1n) is 5.40. The SMILES string of the molecule is O=C(C(F)F)N1CCC(Oc2cncc(Br)c2)C1. The molecule has 98 valence electrons. The summed E-state index contributed by atoms with van der Waals surface area (Å²) in [6.45, 7) is 0.491. The lowest BCUT2D eigenvalue weighted by atomic mass is 10.3. The first-order valence-corrected chi connectivity index (χ1v) is 6.19. The quantitative estimate of drug-likeness (QED) is 0.856. The summed E-state index contributed by atoms with van der Waals surface area (Å²) in [5.41, 5.74) is 0. The van der Waals surface area contributed by atoms with Crippen LogP contribution < -0.4 is 4.74 Å². The van der Waals surface area contributed by atoms with Crippen LogP contribution in [-0.4, -0.2) is 41.4 Å². The fourth-order valence-electron chi connectivity index (χ4n) is 1.81. The van der Waals surface area contributed by atoms with E-state index in [2.05, 4.69) is 20.9 Å². The zero-order valence-corrected chi connectivity index (χ0v) is 10.9. The van der Waals surface area contributed by atoms with Crippen LogP contribution >= 0.6 is 15.9 Å². The topological polar surface area (TPSA) is 42.4 Å². The van der Waals surface area contributed by atoms with Gasteiger partial charge in [0.2, 0.25) is 0 Å². The van der Waals surface area contributed by atoms with E-state index in [9.17, 15) is 13.6 Å². The van der Waals surface area contributed by atoms with Gasteiger partial charge in [0.15, 0.2) is 0 Å². The van der Waals surface area contributed by atoms with E-state index in [4.69, 9.17) is 4.74 Å². The molecule has 1 aliphatic heterocycles. The Morgan fingerprint density at radius 2 is 2.33 bits per heavy atom. The highest BCUT2D eigenvalue weighted by Gasteiger charge is 2.31. The highest BCUT2D eigenvalue weighted by Crippen LogP contribution is 2.21. The van der Waals surface area contributed by atoms with Crippen molar-refractivity contribution in [2.24, 2.45) is 0 Å². The molecule has 0 radical (unpaired) electrons. The number of carbonyl (C=O) groups excluding carboxylic acids is 1. The van der Waals surface area contributed by atoms with Crippen LogP contribution in [0.5, 0.6) is 5.75 Å². The first kappa shape index (κ1) is 13.2. The molecule has 0 spiro atoms.